The minimum atomic E-state index is -0.182. The molecule has 122 valence electrons. The second-order valence-corrected chi connectivity index (χ2v) is 7.35. The largest absolute Gasteiger partial charge is 0.391 e. The molecule has 6 heteroatoms. The van der Waals surface area contributed by atoms with Crippen molar-refractivity contribution in [3.63, 3.8) is 0 Å². The highest BCUT2D eigenvalue weighted by atomic mass is 32.1. The van der Waals surface area contributed by atoms with E-state index in [9.17, 15) is 9.90 Å². The number of aromatic nitrogens is 1. The first kappa shape index (κ1) is 15.9. The van der Waals surface area contributed by atoms with Gasteiger partial charge in [0, 0.05) is 32.2 Å². The fraction of sp³-hybridized carbons (Fsp3) is 0.750. The van der Waals surface area contributed by atoms with Gasteiger partial charge in [0.1, 0.15) is 4.88 Å². The standard InChI is InChI=1S/C16H25N3O2S/c1-3-14-17-11(2)15(22-14)16(21)19-9-7-18(8-10-19)12-5-4-6-13(12)20/h12-13,20H,3-10H2,1-2H3/t12-,13-/m1/s1. The number of piperazine rings is 1. The third-order valence-corrected chi connectivity index (χ3v) is 6.14. The molecule has 2 aliphatic rings. The SMILES string of the molecule is CCc1nc(C)c(C(=O)N2CCN([C@@H]3CCC[C@H]3O)CC2)s1. The van der Waals surface area contributed by atoms with E-state index in [1.54, 1.807) is 0 Å². The average Bonchev–Trinajstić information content (AvgIpc) is 3.12. The normalized spacial score (nSPS) is 26.6. The van der Waals surface area contributed by atoms with Crippen molar-refractivity contribution in [2.24, 2.45) is 0 Å². The number of nitrogens with zero attached hydrogens (tertiary/aromatic N) is 3. The van der Waals surface area contributed by atoms with E-state index < -0.39 is 0 Å². The van der Waals surface area contributed by atoms with Crippen LogP contribution in [-0.4, -0.2) is 64.1 Å². The average molecular weight is 323 g/mol. The van der Waals surface area contributed by atoms with E-state index >= 15 is 0 Å². The number of aliphatic hydroxyl groups is 1. The topological polar surface area (TPSA) is 56.7 Å². The molecule has 22 heavy (non-hydrogen) atoms. The van der Waals surface area contributed by atoms with Crippen LogP contribution in [0.5, 0.6) is 0 Å². The Morgan fingerprint density at radius 3 is 2.59 bits per heavy atom. The van der Waals surface area contributed by atoms with E-state index in [0.29, 0.717) is 6.04 Å². The van der Waals surface area contributed by atoms with Gasteiger partial charge >= 0.3 is 0 Å². The molecule has 1 aromatic heterocycles. The Bertz CT molecular complexity index is 537. The molecule has 3 rings (SSSR count). The number of aliphatic hydroxyl groups excluding tert-OH is 1. The summed E-state index contributed by atoms with van der Waals surface area (Å²) in [4.78, 5) is 22.2. The van der Waals surface area contributed by atoms with Crippen molar-refractivity contribution in [3.8, 4) is 0 Å². The van der Waals surface area contributed by atoms with E-state index in [2.05, 4.69) is 16.8 Å². The Morgan fingerprint density at radius 1 is 1.32 bits per heavy atom. The number of carbonyl (C=O) groups is 1. The molecule has 1 N–H and O–H groups in total. The van der Waals surface area contributed by atoms with Gasteiger partial charge in [-0.05, 0) is 32.6 Å². The molecule has 1 aliphatic carbocycles. The number of hydrogen-bond acceptors (Lipinski definition) is 5. The number of thiazole rings is 1. The number of aryl methyl sites for hydroxylation is 2. The summed E-state index contributed by atoms with van der Waals surface area (Å²) >= 11 is 1.53. The zero-order chi connectivity index (χ0) is 15.7. The van der Waals surface area contributed by atoms with E-state index in [1.165, 1.54) is 11.3 Å². The monoisotopic (exact) mass is 323 g/mol. The lowest BCUT2D eigenvalue weighted by Gasteiger charge is -2.39. The molecule has 0 spiro atoms. The lowest BCUT2D eigenvalue weighted by atomic mass is 10.1. The van der Waals surface area contributed by atoms with E-state index in [4.69, 9.17) is 0 Å². The highest BCUT2D eigenvalue weighted by Crippen LogP contribution is 2.26. The van der Waals surface area contributed by atoms with Crippen molar-refractivity contribution < 1.29 is 9.90 Å². The second-order valence-electron chi connectivity index (χ2n) is 6.27. The van der Waals surface area contributed by atoms with Gasteiger partial charge in [-0.25, -0.2) is 4.98 Å². The van der Waals surface area contributed by atoms with E-state index in [0.717, 1.165) is 67.4 Å². The molecule has 2 atom stereocenters. The fourth-order valence-corrected chi connectivity index (χ4v) is 4.52. The fourth-order valence-electron chi connectivity index (χ4n) is 3.55. The van der Waals surface area contributed by atoms with Gasteiger partial charge in [-0.3, -0.25) is 9.69 Å². The van der Waals surface area contributed by atoms with Crippen molar-refractivity contribution in [3.05, 3.63) is 15.6 Å². The van der Waals surface area contributed by atoms with Crippen molar-refractivity contribution in [1.82, 2.24) is 14.8 Å². The van der Waals surface area contributed by atoms with Crippen LogP contribution >= 0.6 is 11.3 Å². The molecular weight excluding hydrogens is 298 g/mol. The van der Waals surface area contributed by atoms with Crippen molar-refractivity contribution in [1.29, 1.82) is 0 Å². The van der Waals surface area contributed by atoms with Gasteiger partial charge in [0.2, 0.25) is 0 Å². The maximum atomic E-state index is 12.7. The molecule has 0 unspecified atom stereocenters. The van der Waals surface area contributed by atoms with Gasteiger partial charge in [-0.1, -0.05) is 6.92 Å². The van der Waals surface area contributed by atoms with E-state index in [-0.39, 0.29) is 12.0 Å². The zero-order valence-electron chi connectivity index (χ0n) is 13.4. The number of rotatable bonds is 3. The first-order chi connectivity index (χ1) is 10.6. The second kappa shape index (κ2) is 6.64. The van der Waals surface area contributed by atoms with Gasteiger partial charge in [0.05, 0.1) is 16.8 Å². The molecule has 0 radical (unpaired) electrons. The van der Waals surface area contributed by atoms with Crippen LogP contribution in [0.2, 0.25) is 0 Å². The van der Waals surface area contributed by atoms with Crippen molar-refractivity contribution >= 4 is 17.2 Å². The molecule has 2 heterocycles. The maximum Gasteiger partial charge on any atom is 0.265 e. The summed E-state index contributed by atoms with van der Waals surface area (Å²) in [6.45, 7) is 7.23. The van der Waals surface area contributed by atoms with Crippen LogP contribution in [0.1, 0.15) is 46.6 Å². The Balaban J connectivity index is 1.61. The highest BCUT2D eigenvalue weighted by molar-refractivity contribution is 7.13. The number of carbonyl (C=O) groups excluding carboxylic acids is 1. The number of hydrogen-bond donors (Lipinski definition) is 1. The summed E-state index contributed by atoms with van der Waals surface area (Å²) in [6.07, 6.45) is 3.82. The molecule has 0 aromatic carbocycles. The summed E-state index contributed by atoms with van der Waals surface area (Å²) in [5.74, 6) is 0.126. The summed E-state index contributed by atoms with van der Waals surface area (Å²) in [7, 11) is 0. The van der Waals surface area contributed by atoms with Crippen LogP contribution < -0.4 is 0 Å². The zero-order valence-corrected chi connectivity index (χ0v) is 14.2. The highest BCUT2D eigenvalue weighted by Gasteiger charge is 2.34. The van der Waals surface area contributed by atoms with Gasteiger partial charge in [-0.2, -0.15) is 0 Å². The quantitative estimate of drug-likeness (QED) is 0.919. The van der Waals surface area contributed by atoms with Gasteiger partial charge in [0.15, 0.2) is 0 Å². The Morgan fingerprint density at radius 2 is 2.05 bits per heavy atom. The third kappa shape index (κ3) is 3.05. The lowest BCUT2D eigenvalue weighted by Crippen LogP contribution is -2.53. The van der Waals surface area contributed by atoms with Gasteiger partial charge in [-0.15, -0.1) is 11.3 Å². The molecule has 2 fully saturated rings. The van der Waals surface area contributed by atoms with Crippen LogP contribution in [0.3, 0.4) is 0 Å². The number of amides is 1. The van der Waals surface area contributed by atoms with Gasteiger partial charge in [0.25, 0.3) is 5.91 Å². The molecule has 1 saturated heterocycles. The Labute approximate surface area is 135 Å². The smallest absolute Gasteiger partial charge is 0.265 e. The Kier molecular flexibility index (Phi) is 4.80. The first-order valence-electron chi connectivity index (χ1n) is 8.27. The molecule has 1 amide bonds. The van der Waals surface area contributed by atoms with Crippen molar-refractivity contribution in [2.45, 2.75) is 51.7 Å². The first-order valence-corrected chi connectivity index (χ1v) is 9.09. The van der Waals surface area contributed by atoms with Crippen LogP contribution in [0.4, 0.5) is 0 Å². The van der Waals surface area contributed by atoms with Crippen LogP contribution in [0, 0.1) is 6.92 Å². The summed E-state index contributed by atoms with van der Waals surface area (Å²) in [6, 6.07) is 0.300. The molecule has 5 nitrogen and oxygen atoms in total. The predicted molar refractivity (Wildman–Crippen MR) is 87.4 cm³/mol. The van der Waals surface area contributed by atoms with Crippen LogP contribution in [0.15, 0.2) is 0 Å². The van der Waals surface area contributed by atoms with Crippen LogP contribution in [-0.2, 0) is 6.42 Å². The van der Waals surface area contributed by atoms with Crippen molar-refractivity contribution in [2.75, 3.05) is 26.2 Å². The minimum Gasteiger partial charge on any atom is -0.391 e. The van der Waals surface area contributed by atoms with Crippen LogP contribution in [0.25, 0.3) is 0 Å². The lowest BCUT2D eigenvalue weighted by molar-refractivity contribution is 0.0317. The summed E-state index contributed by atoms with van der Waals surface area (Å²) in [5, 5.41) is 11.1. The summed E-state index contributed by atoms with van der Waals surface area (Å²) < 4.78 is 0. The molecular formula is C16H25N3O2S. The Hall–Kier alpha value is -0.980. The minimum absolute atomic E-state index is 0.126. The maximum absolute atomic E-state index is 12.7. The molecule has 1 aliphatic heterocycles. The molecule has 1 saturated carbocycles. The van der Waals surface area contributed by atoms with E-state index in [1.807, 2.05) is 11.8 Å². The van der Waals surface area contributed by atoms with Gasteiger partial charge < -0.3 is 10.0 Å². The summed E-state index contributed by atoms with van der Waals surface area (Å²) in [5.41, 5.74) is 0.862. The molecule has 1 aromatic rings. The predicted octanol–water partition coefficient (Wildman–Crippen LogP) is 1.69. The molecule has 0 bridgehead atoms. The third-order valence-electron chi connectivity index (χ3n) is 4.85.